The molecule has 0 radical (unpaired) electrons. The van der Waals surface area contributed by atoms with E-state index >= 15 is 0 Å². The predicted octanol–water partition coefficient (Wildman–Crippen LogP) is 4.11. The van der Waals surface area contributed by atoms with E-state index in [9.17, 15) is 17.6 Å². The standard InChI is InChI=1S/C19H22BrFN2O3S/c1-4-23(5-2)27(25,26)16-9-6-14(7-10-16)13(3)22-19(24)17-12-15(21)8-11-18(17)20/h6-13H,4-5H2,1-3H3,(H,22,24)/t13-/m0/s1. The monoisotopic (exact) mass is 456 g/mol. The summed E-state index contributed by atoms with van der Waals surface area (Å²) in [6.45, 7) is 6.15. The van der Waals surface area contributed by atoms with Crippen molar-refractivity contribution in [3.8, 4) is 0 Å². The van der Waals surface area contributed by atoms with Crippen LogP contribution in [0.25, 0.3) is 0 Å². The number of rotatable bonds is 7. The van der Waals surface area contributed by atoms with E-state index in [0.29, 0.717) is 17.6 Å². The van der Waals surface area contributed by atoms with Crippen LogP contribution in [0.5, 0.6) is 0 Å². The van der Waals surface area contributed by atoms with E-state index < -0.39 is 21.7 Å². The summed E-state index contributed by atoms with van der Waals surface area (Å²) in [5.74, 6) is -0.921. The normalized spacial score (nSPS) is 12.8. The molecule has 1 amide bonds. The molecule has 0 bridgehead atoms. The fourth-order valence-electron chi connectivity index (χ4n) is 2.67. The van der Waals surface area contributed by atoms with Gasteiger partial charge in [-0.2, -0.15) is 4.31 Å². The molecule has 146 valence electrons. The minimum atomic E-state index is -3.52. The van der Waals surface area contributed by atoms with Gasteiger partial charge in [-0.3, -0.25) is 4.79 Å². The number of carbonyl (C=O) groups is 1. The highest BCUT2D eigenvalue weighted by atomic mass is 79.9. The molecule has 0 heterocycles. The van der Waals surface area contributed by atoms with Crippen LogP contribution in [0.15, 0.2) is 51.8 Å². The largest absolute Gasteiger partial charge is 0.345 e. The van der Waals surface area contributed by atoms with Gasteiger partial charge in [-0.1, -0.05) is 26.0 Å². The first kappa shape index (κ1) is 21.5. The van der Waals surface area contributed by atoms with Crippen LogP contribution in [-0.4, -0.2) is 31.7 Å². The summed E-state index contributed by atoms with van der Waals surface area (Å²) in [4.78, 5) is 12.6. The molecule has 1 N–H and O–H groups in total. The third kappa shape index (κ3) is 4.94. The number of benzene rings is 2. The number of sulfonamides is 1. The molecule has 5 nitrogen and oxygen atoms in total. The summed E-state index contributed by atoms with van der Waals surface area (Å²) in [7, 11) is -3.52. The molecule has 2 rings (SSSR count). The number of carbonyl (C=O) groups excluding carboxylic acids is 1. The van der Waals surface area contributed by atoms with E-state index in [1.807, 2.05) is 0 Å². The predicted molar refractivity (Wildman–Crippen MR) is 107 cm³/mol. The van der Waals surface area contributed by atoms with Crippen LogP contribution in [-0.2, 0) is 10.0 Å². The zero-order chi connectivity index (χ0) is 20.2. The summed E-state index contributed by atoms with van der Waals surface area (Å²) >= 11 is 3.24. The van der Waals surface area contributed by atoms with Crippen molar-refractivity contribution in [2.24, 2.45) is 0 Å². The molecule has 2 aromatic carbocycles. The molecule has 0 aromatic heterocycles. The molecule has 0 spiro atoms. The van der Waals surface area contributed by atoms with Gasteiger partial charge in [0.15, 0.2) is 0 Å². The molecule has 2 aromatic rings. The topological polar surface area (TPSA) is 66.5 Å². The lowest BCUT2D eigenvalue weighted by atomic mass is 10.1. The first-order valence-electron chi connectivity index (χ1n) is 8.56. The molecule has 0 fully saturated rings. The highest BCUT2D eigenvalue weighted by Crippen LogP contribution is 2.22. The van der Waals surface area contributed by atoms with Crippen LogP contribution in [0.3, 0.4) is 0 Å². The minimum Gasteiger partial charge on any atom is -0.345 e. The molecule has 0 unspecified atom stereocenters. The third-order valence-electron chi connectivity index (χ3n) is 4.24. The van der Waals surface area contributed by atoms with Crippen molar-refractivity contribution in [3.05, 3.63) is 63.9 Å². The number of hydrogen-bond donors (Lipinski definition) is 1. The highest BCUT2D eigenvalue weighted by molar-refractivity contribution is 9.10. The Hall–Kier alpha value is -1.77. The second-order valence-corrected chi connectivity index (χ2v) is 8.77. The Morgan fingerprint density at radius 2 is 1.74 bits per heavy atom. The Kier molecular flexibility index (Phi) is 7.13. The van der Waals surface area contributed by atoms with E-state index in [4.69, 9.17) is 0 Å². The number of halogens is 2. The molecule has 8 heteroatoms. The van der Waals surface area contributed by atoms with E-state index in [1.165, 1.54) is 28.6 Å². The van der Waals surface area contributed by atoms with Crippen molar-refractivity contribution < 1.29 is 17.6 Å². The van der Waals surface area contributed by atoms with E-state index in [-0.39, 0.29) is 16.5 Å². The first-order chi connectivity index (χ1) is 12.7. The Bertz CT molecular complexity index is 913. The smallest absolute Gasteiger partial charge is 0.253 e. The van der Waals surface area contributed by atoms with Crippen molar-refractivity contribution in [1.29, 1.82) is 0 Å². The zero-order valence-electron chi connectivity index (χ0n) is 15.4. The van der Waals surface area contributed by atoms with Crippen LogP contribution in [0.4, 0.5) is 4.39 Å². The summed E-state index contributed by atoms with van der Waals surface area (Å²) in [5.41, 5.74) is 0.942. The van der Waals surface area contributed by atoms with E-state index in [2.05, 4.69) is 21.2 Å². The van der Waals surface area contributed by atoms with Crippen LogP contribution >= 0.6 is 15.9 Å². The van der Waals surface area contributed by atoms with Gasteiger partial charge in [-0.15, -0.1) is 0 Å². The molecule has 0 saturated carbocycles. The summed E-state index contributed by atoms with van der Waals surface area (Å²) < 4.78 is 40.3. The van der Waals surface area contributed by atoms with Crippen LogP contribution in [0.2, 0.25) is 0 Å². The average Bonchev–Trinajstić information content (AvgIpc) is 2.64. The fraction of sp³-hybridized carbons (Fsp3) is 0.316. The Morgan fingerprint density at radius 3 is 2.30 bits per heavy atom. The van der Waals surface area contributed by atoms with Crippen LogP contribution in [0.1, 0.15) is 42.7 Å². The van der Waals surface area contributed by atoms with Gasteiger partial charge in [0, 0.05) is 17.6 Å². The molecular weight excluding hydrogens is 435 g/mol. The van der Waals surface area contributed by atoms with Gasteiger partial charge in [-0.25, -0.2) is 12.8 Å². The highest BCUT2D eigenvalue weighted by Gasteiger charge is 2.22. The lowest BCUT2D eigenvalue weighted by molar-refractivity contribution is 0.0938. The first-order valence-corrected chi connectivity index (χ1v) is 10.8. The van der Waals surface area contributed by atoms with Gasteiger partial charge in [-0.05, 0) is 58.7 Å². The van der Waals surface area contributed by atoms with Crippen molar-refractivity contribution in [1.82, 2.24) is 9.62 Å². The molecule has 0 aliphatic carbocycles. The van der Waals surface area contributed by atoms with E-state index in [0.717, 1.165) is 11.6 Å². The fourth-order valence-corrected chi connectivity index (χ4v) is 4.55. The average molecular weight is 457 g/mol. The maximum absolute atomic E-state index is 13.4. The maximum atomic E-state index is 13.4. The summed E-state index contributed by atoms with van der Waals surface area (Å²) in [6, 6.07) is 9.92. The van der Waals surface area contributed by atoms with E-state index in [1.54, 1.807) is 32.9 Å². The van der Waals surface area contributed by atoms with Crippen molar-refractivity contribution in [3.63, 3.8) is 0 Å². The summed E-state index contributed by atoms with van der Waals surface area (Å²) in [5, 5.41) is 2.79. The molecule has 0 aliphatic rings. The zero-order valence-corrected chi connectivity index (χ0v) is 17.8. The Balaban J connectivity index is 2.17. The molecular formula is C19H22BrFN2O3S. The van der Waals surface area contributed by atoms with Crippen LogP contribution in [0, 0.1) is 5.82 Å². The third-order valence-corrected chi connectivity index (χ3v) is 7.00. The van der Waals surface area contributed by atoms with Gasteiger partial charge < -0.3 is 5.32 Å². The van der Waals surface area contributed by atoms with Crippen LogP contribution < -0.4 is 5.32 Å². The molecule has 0 saturated heterocycles. The molecule has 1 atom stereocenters. The van der Waals surface area contributed by atoms with Gasteiger partial charge in [0.1, 0.15) is 5.82 Å². The molecule has 27 heavy (non-hydrogen) atoms. The Labute approximate surface area is 167 Å². The Morgan fingerprint density at radius 1 is 1.15 bits per heavy atom. The van der Waals surface area contributed by atoms with Crippen molar-refractivity contribution in [2.75, 3.05) is 13.1 Å². The van der Waals surface area contributed by atoms with Gasteiger partial charge in [0.25, 0.3) is 5.91 Å². The molecule has 0 aliphatic heterocycles. The maximum Gasteiger partial charge on any atom is 0.253 e. The second kappa shape index (κ2) is 8.95. The number of hydrogen-bond acceptors (Lipinski definition) is 3. The second-order valence-electron chi connectivity index (χ2n) is 5.98. The number of nitrogens with zero attached hydrogens (tertiary/aromatic N) is 1. The quantitative estimate of drug-likeness (QED) is 0.681. The number of amides is 1. The van der Waals surface area contributed by atoms with Crippen molar-refractivity contribution in [2.45, 2.75) is 31.7 Å². The van der Waals surface area contributed by atoms with Gasteiger partial charge in [0.2, 0.25) is 10.0 Å². The van der Waals surface area contributed by atoms with Crippen molar-refractivity contribution >= 4 is 31.9 Å². The lowest BCUT2D eigenvalue weighted by Gasteiger charge is -2.19. The minimum absolute atomic E-state index is 0.197. The van der Waals surface area contributed by atoms with Gasteiger partial charge >= 0.3 is 0 Å². The number of nitrogens with one attached hydrogen (secondary N) is 1. The summed E-state index contributed by atoms with van der Waals surface area (Å²) in [6.07, 6.45) is 0. The SMILES string of the molecule is CCN(CC)S(=O)(=O)c1ccc([C@H](C)NC(=O)c2cc(F)ccc2Br)cc1. The van der Waals surface area contributed by atoms with Gasteiger partial charge in [0.05, 0.1) is 16.5 Å². The lowest BCUT2D eigenvalue weighted by Crippen LogP contribution is -2.30.